The average molecular weight is 264 g/mol. The molecule has 0 bridgehead atoms. The Bertz CT molecular complexity index is 714. The van der Waals surface area contributed by atoms with Gasteiger partial charge in [0.2, 0.25) is 5.95 Å². The Kier molecular flexibility index (Phi) is 2.67. The summed E-state index contributed by atoms with van der Waals surface area (Å²) < 4.78 is 0. The Labute approximate surface area is 117 Å². The van der Waals surface area contributed by atoms with Gasteiger partial charge in [-0.15, -0.1) is 0 Å². The maximum absolute atomic E-state index is 4.50. The van der Waals surface area contributed by atoms with Gasteiger partial charge in [0.1, 0.15) is 0 Å². The summed E-state index contributed by atoms with van der Waals surface area (Å²) >= 11 is 0. The summed E-state index contributed by atoms with van der Waals surface area (Å²) in [6.45, 7) is 0. The molecule has 2 aromatic carbocycles. The number of nitrogens with zero attached hydrogens (tertiary/aromatic N) is 1. The van der Waals surface area contributed by atoms with Crippen LogP contribution in [0.1, 0.15) is 23.6 Å². The van der Waals surface area contributed by atoms with E-state index >= 15 is 0 Å². The number of rotatable bonds is 3. The Morgan fingerprint density at radius 3 is 2.85 bits per heavy atom. The lowest BCUT2D eigenvalue weighted by atomic mass is 10.1. The van der Waals surface area contributed by atoms with Crippen molar-refractivity contribution in [3.05, 3.63) is 59.7 Å². The zero-order chi connectivity index (χ0) is 13.4. The molecule has 0 aliphatic heterocycles. The van der Waals surface area contributed by atoms with Gasteiger partial charge in [0.15, 0.2) is 0 Å². The summed E-state index contributed by atoms with van der Waals surface area (Å²) in [7, 11) is 0. The molecule has 4 nitrogen and oxygen atoms in total. The van der Waals surface area contributed by atoms with Crippen molar-refractivity contribution in [3.8, 4) is 0 Å². The number of imidazole rings is 1. The van der Waals surface area contributed by atoms with Gasteiger partial charge in [-0.3, -0.25) is 5.43 Å². The predicted octanol–water partition coefficient (Wildman–Crippen LogP) is 3.17. The van der Waals surface area contributed by atoms with Gasteiger partial charge in [0.25, 0.3) is 0 Å². The average Bonchev–Trinajstić information content (AvgIpc) is 3.08. The number of nitrogens with one attached hydrogen (secondary N) is 3. The number of para-hydroxylation sites is 2. The molecule has 3 aromatic rings. The van der Waals surface area contributed by atoms with Crippen LogP contribution < -0.4 is 10.9 Å². The first-order chi connectivity index (χ1) is 9.90. The van der Waals surface area contributed by atoms with Gasteiger partial charge in [-0.2, -0.15) is 0 Å². The van der Waals surface area contributed by atoms with E-state index in [4.69, 9.17) is 0 Å². The minimum atomic E-state index is 0.347. The maximum Gasteiger partial charge on any atom is 0.215 e. The van der Waals surface area contributed by atoms with E-state index in [0.29, 0.717) is 6.04 Å². The molecule has 1 unspecified atom stereocenters. The Hall–Kier alpha value is -2.33. The van der Waals surface area contributed by atoms with Crippen LogP contribution in [0, 0.1) is 0 Å². The number of aryl methyl sites for hydroxylation is 1. The van der Waals surface area contributed by atoms with Gasteiger partial charge in [0.05, 0.1) is 17.1 Å². The number of hydrogen-bond donors (Lipinski definition) is 3. The van der Waals surface area contributed by atoms with Gasteiger partial charge < -0.3 is 4.98 Å². The van der Waals surface area contributed by atoms with Crippen LogP contribution in [0.5, 0.6) is 0 Å². The van der Waals surface area contributed by atoms with Crippen LogP contribution in [0.3, 0.4) is 0 Å². The summed E-state index contributed by atoms with van der Waals surface area (Å²) in [5.41, 5.74) is 11.4. The second kappa shape index (κ2) is 4.65. The lowest BCUT2D eigenvalue weighted by Crippen LogP contribution is -2.26. The Morgan fingerprint density at radius 1 is 1.05 bits per heavy atom. The molecule has 1 heterocycles. The van der Waals surface area contributed by atoms with Crippen molar-refractivity contribution in [2.45, 2.75) is 18.9 Å². The van der Waals surface area contributed by atoms with Crippen LogP contribution in [0.15, 0.2) is 48.5 Å². The maximum atomic E-state index is 4.50. The van der Waals surface area contributed by atoms with E-state index in [1.165, 1.54) is 11.1 Å². The first-order valence-corrected chi connectivity index (χ1v) is 6.94. The minimum Gasteiger partial charge on any atom is -0.323 e. The fraction of sp³-hybridized carbons (Fsp3) is 0.188. The van der Waals surface area contributed by atoms with E-state index in [1.807, 2.05) is 24.3 Å². The largest absolute Gasteiger partial charge is 0.323 e. The van der Waals surface area contributed by atoms with Crippen LogP contribution in [0.2, 0.25) is 0 Å². The van der Waals surface area contributed by atoms with Crippen molar-refractivity contribution >= 4 is 17.0 Å². The highest BCUT2D eigenvalue weighted by Crippen LogP contribution is 2.30. The molecule has 1 aromatic heterocycles. The van der Waals surface area contributed by atoms with E-state index in [2.05, 4.69) is 45.1 Å². The fourth-order valence-corrected chi connectivity index (χ4v) is 2.87. The molecule has 0 saturated heterocycles. The zero-order valence-corrected chi connectivity index (χ0v) is 11.1. The molecule has 0 saturated carbocycles. The van der Waals surface area contributed by atoms with Gasteiger partial charge in [0, 0.05) is 0 Å². The Balaban J connectivity index is 1.51. The first-order valence-electron chi connectivity index (χ1n) is 6.94. The molecular formula is C16H16N4. The normalized spacial score (nSPS) is 17.3. The number of benzene rings is 2. The number of anilines is 1. The topological polar surface area (TPSA) is 52.7 Å². The van der Waals surface area contributed by atoms with E-state index in [1.54, 1.807) is 0 Å². The quantitative estimate of drug-likeness (QED) is 0.637. The van der Waals surface area contributed by atoms with E-state index in [9.17, 15) is 0 Å². The van der Waals surface area contributed by atoms with E-state index in [-0.39, 0.29) is 0 Å². The van der Waals surface area contributed by atoms with Crippen molar-refractivity contribution in [2.75, 3.05) is 5.43 Å². The molecule has 0 amide bonds. The molecule has 0 fully saturated rings. The molecule has 1 atom stereocenters. The first kappa shape index (κ1) is 11.5. The Morgan fingerprint density at radius 2 is 1.90 bits per heavy atom. The number of hydrazine groups is 1. The third-order valence-corrected chi connectivity index (χ3v) is 3.89. The number of fused-ring (bicyclic) bond motifs is 2. The SMILES string of the molecule is c1ccc2c(c1)CCC2NNc1nc2ccccc2[nH]1. The number of aromatic nitrogens is 2. The van der Waals surface area contributed by atoms with Gasteiger partial charge in [-0.1, -0.05) is 36.4 Å². The standard InChI is InChI=1S/C16H16N4/c1-2-6-12-11(5-1)9-10-13(12)19-20-16-17-14-7-3-4-8-15(14)18-16/h1-8,13,19H,9-10H2,(H2,17,18,20). The van der Waals surface area contributed by atoms with Crippen LogP contribution >= 0.6 is 0 Å². The number of H-pyrrole nitrogens is 1. The van der Waals surface area contributed by atoms with Crippen molar-refractivity contribution < 1.29 is 0 Å². The lowest BCUT2D eigenvalue weighted by Gasteiger charge is -2.14. The van der Waals surface area contributed by atoms with E-state index < -0.39 is 0 Å². The zero-order valence-electron chi connectivity index (χ0n) is 11.1. The smallest absolute Gasteiger partial charge is 0.215 e. The van der Waals surface area contributed by atoms with Crippen LogP contribution in [0.25, 0.3) is 11.0 Å². The predicted molar refractivity (Wildman–Crippen MR) is 80.4 cm³/mol. The summed E-state index contributed by atoms with van der Waals surface area (Å²) in [5, 5.41) is 0. The fourth-order valence-electron chi connectivity index (χ4n) is 2.87. The lowest BCUT2D eigenvalue weighted by molar-refractivity contribution is 0.581. The van der Waals surface area contributed by atoms with Crippen molar-refractivity contribution in [1.82, 2.24) is 15.4 Å². The van der Waals surface area contributed by atoms with Crippen LogP contribution in [0.4, 0.5) is 5.95 Å². The molecule has 4 heteroatoms. The third-order valence-electron chi connectivity index (χ3n) is 3.89. The van der Waals surface area contributed by atoms with Crippen molar-refractivity contribution in [2.24, 2.45) is 0 Å². The van der Waals surface area contributed by atoms with Gasteiger partial charge in [-0.05, 0) is 36.1 Å². The minimum absolute atomic E-state index is 0.347. The highest BCUT2D eigenvalue weighted by Gasteiger charge is 2.21. The second-order valence-electron chi connectivity index (χ2n) is 5.16. The van der Waals surface area contributed by atoms with Gasteiger partial charge in [-0.25, -0.2) is 10.4 Å². The molecule has 20 heavy (non-hydrogen) atoms. The summed E-state index contributed by atoms with van der Waals surface area (Å²) in [5.74, 6) is 0.760. The van der Waals surface area contributed by atoms with Crippen molar-refractivity contribution in [3.63, 3.8) is 0 Å². The van der Waals surface area contributed by atoms with Crippen molar-refractivity contribution in [1.29, 1.82) is 0 Å². The summed E-state index contributed by atoms with van der Waals surface area (Å²) in [4.78, 5) is 7.76. The van der Waals surface area contributed by atoms with Gasteiger partial charge >= 0.3 is 0 Å². The second-order valence-corrected chi connectivity index (χ2v) is 5.16. The van der Waals surface area contributed by atoms with Crippen LogP contribution in [-0.4, -0.2) is 9.97 Å². The summed E-state index contributed by atoms with van der Waals surface area (Å²) in [6, 6.07) is 17.0. The molecular weight excluding hydrogens is 248 g/mol. The molecule has 0 radical (unpaired) electrons. The number of aromatic amines is 1. The number of hydrogen-bond acceptors (Lipinski definition) is 3. The van der Waals surface area contributed by atoms with E-state index in [0.717, 1.165) is 29.8 Å². The molecule has 100 valence electrons. The highest BCUT2D eigenvalue weighted by atomic mass is 15.4. The molecule has 1 aliphatic carbocycles. The van der Waals surface area contributed by atoms with Crippen LogP contribution in [-0.2, 0) is 6.42 Å². The molecule has 0 spiro atoms. The summed E-state index contributed by atoms with van der Waals surface area (Å²) in [6.07, 6.45) is 2.25. The molecule has 1 aliphatic rings. The monoisotopic (exact) mass is 264 g/mol. The highest BCUT2D eigenvalue weighted by molar-refractivity contribution is 5.77. The third kappa shape index (κ3) is 1.94. The molecule has 4 rings (SSSR count). The molecule has 3 N–H and O–H groups in total.